The number of morpholine rings is 1. The number of nitrogens with two attached hydrogens (primary N) is 1. The second-order valence-corrected chi connectivity index (χ2v) is 8.86. The molecule has 0 bridgehead atoms. The van der Waals surface area contributed by atoms with Crippen molar-refractivity contribution in [2.24, 2.45) is 11.7 Å². The maximum absolute atomic E-state index is 15.5. The molecular weight excluding hydrogens is 496 g/mol. The van der Waals surface area contributed by atoms with E-state index in [0.717, 1.165) is 32.0 Å². The van der Waals surface area contributed by atoms with Crippen LogP contribution in [0.25, 0.3) is 0 Å². The Morgan fingerprint density at radius 1 is 1.30 bits per heavy atom. The van der Waals surface area contributed by atoms with Crippen molar-refractivity contribution >= 4 is 17.5 Å². The topological polar surface area (TPSA) is 106 Å². The summed E-state index contributed by atoms with van der Waals surface area (Å²) >= 11 is 0. The number of nitrogens with one attached hydrogen (secondary N) is 1. The molecule has 2 saturated heterocycles. The molecule has 0 unspecified atom stereocenters. The van der Waals surface area contributed by atoms with Gasteiger partial charge in [0.25, 0.3) is 0 Å². The molecule has 0 saturated carbocycles. The largest absolute Gasteiger partial charge is 0.573 e. The number of primary amides is 1. The van der Waals surface area contributed by atoms with Crippen LogP contribution in [-0.4, -0.2) is 79.1 Å². The second-order valence-electron chi connectivity index (χ2n) is 8.86. The lowest BCUT2D eigenvalue weighted by Crippen LogP contribution is -2.47. The molecule has 3 heterocycles. The number of nitrogens with zero attached hydrogens (tertiary/aromatic N) is 4. The van der Waals surface area contributed by atoms with Gasteiger partial charge in [0.15, 0.2) is 11.6 Å². The number of rotatable bonds is 10. The van der Waals surface area contributed by atoms with Gasteiger partial charge in [-0.15, -0.1) is 13.2 Å². The fraction of sp³-hybridized carbons (Fsp3) is 0.542. The maximum Gasteiger partial charge on any atom is 0.573 e. The smallest absolute Gasteiger partial charge is 0.406 e. The highest BCUT2D eigenvalue weighted by molar-refractivity contribution is 5.75. The number of halogens is 4. The van der Waals surface area contributed by atoms with Crippen LogP contribution in [0.2, 0.25) is 0 Å². The minimum Gasteiger partial charge on any atom is -0.406 e. The zero-order valence-electron chi connectivity index (χ0n) is 20.6. The van der Waals surface area contributed by atoms with Crippen molar-refractivity contribution < 1.29 is 31.8 Å². The van der Waals surface area contributed by atoms with E-state index < -0.39 is 24.0 Å². The zero-order valence-corrected chi connectivity index (χ0v) is 20.6. The van der Waals surface area contributed by atoms with Crippen LogP contribution >= 0.6 is 0 Å². The van der Waals surface area contributed by atoms with Gasteiger partial charge in [-0.05, 0) is 56.5 Å². The van der Waals surface area contributed by atoms with Gasteiger partial charge < -0.3 is 25.4 Å². The second kappa shape index (κ2) is 12.9. The van der Waals surface area contributed by atoms with Crippen LogP contribution in [0.3, 0.4) is 0 Å². The van der Waals surface area contributed by atoms with E-state index in [-0.39, 0.29) is 36.6 Å². The van der Waals surface area contributed by atoms with Crippen LogP contribution in [0, 0.1) is 11.7 Å². The highest BCUT2D eigenvalue weighted by Gasteiger charge is 2.32. The minimum atomic E-state index is -4.82. The van der Waals surface area contributed by atoms with Crippen molar-refractivity contribution in [3.63, 3.8) is 0 Å². The Balaban J connectivity index is 1.66. The quantitative estimate of drug-likeness (QED) is 0.271. The minimum absolute atomic E-state index is 0.0504. The summed E-state index contributed by atoms with van der Waals surface area (Å²) < 4.78 is 62.6. The highest BCUT2D eigenvalue weighted by atomic mass is 19.4. The predicted molar refractivity (Wildman–Crippen MR) is 130 cm³/mol. The summed E-state index contributed by atoms with van der Waals surface area (Å²) in [6.07, 6.45) is 1.83. The predicted octanol–water partition coefficient (Wildman–Crippen LogP) is 2.98. The number of carbonyl (C=O) groups is 1. The summed E-state index contributed by atoms with van der Waals surface area (Å²) in [5.74, 6) is -0.990. The molecular formula is C24H32F4N6O3. The Bertz CT molecular complexity index is 1010. The molecule has 204 valence electrons. The number of alkyl halides is 3. The van der Waals surface area contributed by atoms with Crippen molar-refractivity contribution in [2.45, 2.75) is 32.2 Å². The van der Waals surface area contributed by atoms with E-state index in [2.05, 4.69) is 26.6 Å². The van der Waals surface area contributed by atoms with Gasteiger partial charge >= 0.3 is 6.36 Å². The molecule has 0 aliphatic carbocycles. The molecule has 2 fully saturated rings. The Labute approximate surface area is 213 Å². The number of anilines is 2. The summed E-state index contributed by atoms with van der Waals surface area (Å²) in [7, 11) is 0. The Hall–Kier alpha value is -3.19. The normalized spacial score (nSPS) is 20.3. The molecule has 1 aromatic heterocycles. The van der Waals surface area contributed by atoms with Crippen LogP contribution < -0.4 is 16.0 Å². The lowest BCUT2D eigenvalue weighted by Gasteiger charge is -2.37. The summed E-state index contributed by atoms with van der Waals surface area (Å²) in [5.41, 5.74) is 5.66. The molecule has 3 rings (SSSR count). The molecule has 2 aliphatic heterocycles. The number of hydrogen-bond donors (Lipinski definition) is 2. The van der Waals surface area contributed by atoms with E-state index >= 15 is 4.39 Å². The number of carbonyl (C=O) groups excluding carboxylic acids is 1. The number of likely N-dealkylation sites (tertiary alicyclic amines) is 1. The van der Waals surface area contributed by atoms with E-state index in [1.54, 1.807) is 4.90 Å². The lowest BCUT2D eigenvalue weighted by molar-refractivity contribution is -0.303. The molecule has 0 aromatic carbocycles. The average molecular weight is 529 g/mol. The molecule has 0 spiro atoms. The number of allylic oxidation sites excluding steroid dienone is 2. The van der Waals surface area contributed by atoms with Crippen LogP contribution in [0.4, 0.5) is 29.2 Å². The first kappa shape index (κ1) is 28.4. The summed E-state index contributed by atoms with van der Waals surface area (Å²) in [5, 5.41) is 3.07. The van der Waals surface area contributed by atoms with Gasteiger partial charge in [0.05, 0.1) is 25.8 Å². The van der Waals surface area contributed by atoms with Crippen LogP contribution in [0.15, 0.2) is 42.5 Å². The summed E-state index contributed by atoms with van der Waals surface area (Å²) in [6.45, 7) is 8.35. The third-order valence-corrected chi connectivity index (χ3v) is 6.22. The third-order valence-electron chi connectivity index (χ3n) is 6.22. The molecule has 0 radical (unpaired) electrons. The number of ether oxygens (including phenoxy) is 2. The Kier molecular flexibility index (Phi) is 9.86. The molecule has 1 aromatic rings. The number of amides is 1. The maximum atomic E-state index is 15.5. The van der Waals surface area contributed by atoms with Crippen molar-refractivity contribution in [1.82, 2.24) is 14.9 Å². The monoisotopic (exact) mass is 528 g/mol. The van der Waals surface area contributed by atoms with Gasteiger partial charge in [0.2, 0.25) is 11.7 Å². The molecule has 1 amide bonds. The SMILES string of the molecule is C=C(/C=C\C(=C/C)OC(F)(F)F)[C@H]1COCCN1c1ncnc(NCC2CCN(CC(N)=O)CC2)c1F. The Morgan fingerprint density at radius 2 is 2.03 bits per heavy atom. The summed E-state index contributed by atoms with van der Waals surface area (Å²) in [6, 6.07) is -0.555. The summed E-state index contributed by atoms with van der Waals surface area (Å²) in [4.78, 5) is 22.9. The van der Waals surface area contributed by atoms with E-state index in [1.807, 2.05) is 4.90 Å². The average Bonchev–Trinajstić information content (AvgIpc) is 2.85. The van der Waals surface area contributed by atoms with Gasteiger partial charge in [-0.25, -0.2) is 9.97 Å². The fourth-order valence-corrected chi connectivity index (χ4v) is 4.28. The zero-order chi connectivity index (χ0) is 27.0. The standard InChI is InChI=1S/C24H32F4N6O3/c1-3-18(37-24(26,27)28)5-4-16(2)19-14-36-11-10-34(19)23-21(25)22(31-15-32-23)30-12-17-6-8-33(9-7-17)13-20(29)35/h3-5,15,17,19H,2,6-14H2,1H3,(H2,29,35)(H,30,31,32)/b5-4-,18-3+/t19-/m1/s1. The van der Waals surface area contributed by atoms with E-state index in [9.17, 15) is 18.0 Å². The molecule has 13 heteroatoms. The van der Waals surface area contributed by atoms with Crippen molar-refractivity contribution in [3.8, 4) is 0 Å². The third kappa shape index (κ3) is 8.42. The van der Waals surface area contributed by atoms with E-state index in [1.165, 1.54) is 25.4 Å². The first-order valence-electron chi connectivity index (χ1n) is 12.0. The Morgan fingerprint density at radius 3 is 2.68 bits per heavy atom. The number of hydrogen-bond acceptors (Lipinski definition) is 8. The van der Waals surface area contributed by atoms with Gasteiger partial charge in [-0.3, -0.25) is 9.69 Å². The first-order chi connectivity index (χ1) is 17.6. The van der Waals surface area contributed by atoms with E-state index in [4.69, 9.17) is 10.5 Å². The van der Waals surface area contributed by atoms with Crippen molar-refractivity contribution in [3.05, 3.63) is 48.3 Å². The molecule has 1 atom stereocenters. The lowest BCUT2D eigenvalue weighted by atomic mass is 9.97. The van der Waals surface area contributed by atoms with Crippen LogP contribution in [0.5, 0.6) is 0 Å². The van der Waals surface area contributed by atoms with Crippen molar-refractivity contribution in [1.29, 1.82) is 0 Å². The number of aromatic nitrogens is 2. The number of piperidine rings is 1. The first-order valence-corrected chi connectivity index (χ1v) is 12.0. The molecule has 37 heavy (non-hydrogen) atoms. The molecule has 3 N–H and O–H groups in total. The van der Waals surface area contributed by atoms with Crippen LogP contribution in [-0.2, 0) is 14.3 Å². The molecule has 2 aliphatic rings. The van der Waals surface area contributed by atoms with E-state index in [0.29, 0.717) is 25.3 Å². The van der Waals surface area contributed by atoms with Gasteiger partial charge in [0.1, 0.15) is 12.1 Å². The highest BCUT2D eigenvalue weighted by Crippen LogP contribution is 2.28. The van der Waals surface area contributed by atoms with Crippen LogP contribution in [0.1, 0.15) is 19.8 Å². The molecule has 9 nitrogen and oxygen atoms in total. The van der Waals surface area contributed by atoms with Crippen molar-refractivity contribution in [2.75, 3.05) is 56.2 Å². The van der Waals surface area contributed by atoms with Gasteiger partial charge in [0, 0.05) is 13.1 Å². The fourth-order valence-electron chi connectivity index (χ4n) is 4.28. The van der Waals surface area contributed by atoms with Gasteiger partial charge in [-0.1, -0.05) is 12.7 Å². The van der Waals surface area contributed by atoms with Gasteiger partial charge in [-0.2, -0.15) is 4.39 Å².